The molecule has 0 aromatic heterocycles. The molecule has 0 N–H and O–H groups in total. The fourth-order valence-corrected chi connectivity index (χ4v) is 2.00. The number of hydrogen-bond acceptors (Lipinski definition) is 4. The van der Waals surface area contributed by atoms with Crippen molar-refractivity contribution in [3.05, 3.63) is 12.7 Å². The van der Waals surface area contributed by atoms with Crippen molar-refractivity contribution in [2.45, 2.75) is 45.8 Å². The number of urea groups is 1. The molecule has 0 aromatic carbocycles. The van der Waals surface area contributed by atoms with Gasteiger partial charge in [0.15, 0.2) is 0 Å². The Morgan fingerprint density at radius 2 is 2.15 bits per heavy atom. The third kappa shape index (κ3) is 4.23. The molecular formula is C14H24N2O4. The zero-order valence-corrected chi connectivity index (χ0v) is 12.7. The second-order valence-corrected chi connectivity index (χ2v) is 5.59. The van der Waals surface area contributed by atoms with Crippen LogP contribution in [0, 0.1) is 0 Å². The molecule has 0 unspecified atom stereocenters. The Morgan fingerprint density at radius 3 is 2.65 bits per heavy atom. The lowest BCUT2D eigenvalue weighted by Crippen LogP contribution is -2.57. The Hall–Kier alpha value is -1.56. The zero-order valence-electron chi connectivity index (χ0n) is 12.7. The van der Waals surface area contributed by atoms with Crippen LogP contribution in [0.25, 0.3) is 0 Å². The average Bonchev–Trinajstić information content (AvgIpc) is 2.34. The Morgan fingerprint density at radius 1 is 1.50 bits per heavy atom. The molecule has 2 amide bonds. The first-order valence-corrected chi connectivity index (χ1v) is 6.85. The topological polar surface area (TPSA) is 59.1 Å². The van der Waals surface area contributed by atoms with Crippen molar-refractivity contribution >= 4 is 12.0 Å². The van der Waals surface area contributed by atoms with Gasteiger partial charge in [0, 0.05) is 6.54 Å². The van der Waals surface area contributed by atoms with Gasteiger partial charge in [0.05, 0.1) is 13.2 Å². The van der Waals surface area contributed by atoms with E-state index in [1.807, 2.05) is 27.7 Å². The summed E-state index contributed by atoms with van der Waals surface area (Å²) in [7, 11) is 0. The van der Waals surface area contributed by atoms with Gasteiger partial charge in [-0.1, -0.05) is 6.08 Å². The zero-order chi connectivity index (χ0) is 15.3. The van der Waals surface area contributed by atoms with Crippen molar-refractivity contribution in [2.24, 2.45) is 0 Å². The molecule has 0 aromatic rings. The number of likely N-dealkylation sites (N-methyl/N-ethyl adjacent to an activating group) is 1. The van der Waals surface area contributed by atoms with E-state index >= 15 is 0 Å². The maximum absolute atomic E-state index is 12.2. The number of hydroxylamine groups is 2. The Bertz CT molecular complexity index is 376. The number of hydrogen-bond donors (Lipinski definition) is 0. The van der Waals surface area contributed by atoms with Crippen LogP contribution in [0.15, 0.2) is 12.7 Å². The van der Waals surface area contributed by atoms with Gasteiger partial charge in [0.25, 0.3) is 0 Å². The molecule has 1 saturated heterocycles. The van der Waals surface area contributed by atoms with Crippen molar-refractivity contribution in [1.29, 1.82) is 0 Å². The summed E-state index contributed by atoms with van der Waals surface area (Å²) in [6, 6.07) is -0.855. The monoisotopic (exact) mass is 284 g/mol. The number of rotatable bonds is 5. The fourth-order valence-electron chi connectivity index (χ4n) is 2.00. The molecule has 1 rings (SSSR count). The smallest absolute Gasteiger partial charge is 0.344 e. The van der Waals surface area contributed by atoms with Crippen molar-refractivity contribution in [1.82, 2.24) is 9.96 Å². The van der Waals surface area contributed by atoms with Crippen molar-refractivity contribution in [3.8, 4) is 0 Å². The first-order chi connectivity index (χ1) is 9.30. The molecule has 0 aliphatic carbocycles. The van der Waals surface area contributed by atoms with Gasteiger partial charge < -0.3 is 9.64 Å². The summed E-state index contributed by atoms with van der Waals surface area (Å²) in [5.74, 6) is -0.365. The van der Waals surface area contributed by atoms with Crippen LogP contribution in [0.1, 0.15) is 34.1 Å². The van der Waals surface area contributed by atoms with E-state index in [1.54, 1.807) is 6.08 Å². The molecule has 20 heavy (non-hydrogen) atoms. The lowest BCUT2D eigenvalue weighted by molar-refractivity contribution is -0.169. The maximum atomic E-state index is 12.2. The van der Waals surface area contributed by atoms with Crippen molar-refractivity contribution < 1.29 is 19.2 Å². The largest absolute Gasteiger partial charge is 0.458 e. The minimum Gasteiger partial charge on any atom is -0.458 e. The number of carbonyl (C=O) groups excluding carboxylic acids is 2. The highest BCUT2D eigenvalue weighted by atomic mass is 16.7. The van der Waals surface area contributed by atoms with E-state index in [-0.39, 0.29) is 18.6 Å². The summed E-state index contributed by atoms with van der Waals surface area (Å²) in [5, 5.41) is 1.27. The van der Waals surface area contributed by atoms with Gasteiger partial charge in [0.2, 0.25) is 0 Å². The third-order valence-electron chi connectivity index (χ3n) is 2.81. The van der Waals surface area contributed by atoms with Crippen LogP contribution in [0.2, 0.25) is 0 Å². The molecule has 6 nitrogen and oxygen atoms in total. The van der Waals surface area contributed by atoms with Crippen LogP contribution in [0.4, 0.5) is 4.79 Å². The molecule has 114 valence electrons. The first-order valence-electron chi connectivity index (χ1n) is 6.85. The molecule has 0 spiro atoms. The normalized spacial score (nSPS) is 20.0. The van der Waals surface area contributed by atoms with E-state index in [9.17, 15) is 9.59 Å². The molecule has 1 aliphatic heterocycles. The highest BCUT2D eigenvalue weighted by Crippen LogP contribution is 2.20. The first kappa shape index (κ1) is 16.5. The van der Waals surface area contributed by atoms with E-state index in [2.05, 4.69) is 6.58 Å². The van der Waals surface area contributed by atoms with Crippen LogP contribution in [-0.2, 0) is 14.4 Å². The van der Waals surface area contributed by atoms with Crippen LogP contribution in [-0.4, -0.2) is 53.3 Å². The van der Waals surface area contributed by atoms with E-state index in [0.717, 1.165) is 0 Å². The molecule has 1 heterocycles. The van der Waals surface area contributed by atoms with Crippen LogP contribution in [0.5, 0.6) is 0 Å². The van der Waals surface area contributed by atoms with Gasteiger partial charge in [-0.15, -0.1) is 6.58 Å². The summed E-state index contributed by atoms with van der Waals surface area (Å²) in [6.45, 7) is 11.9. The number of esters is 1. The van der Waals surface area contributed by atoms with E-state index in [4.69, 9.17) is 9.57 Å². The summed E-state index contributed by atoms with van der Waals surface area (Å²) in [4.78, 5) is 31.1. The Balaban J connectivity index is 2.73. The minimum atomic E-state index is -0.560. The van der Waals surface area contributed by atoms with Crippen molar-refractivity contribution in [3.63, 3.8) is 0 Å². The van der Waals surface area contributed by atoms with E-state index in [0.29, 0.717) is 19.5 Å². The molecule has 0 saturated carbocycles. The van der Waals surface area contributed by atoms with E-state index in [1.165, 1.54) is 9.96 Å². The molecular weight excluding hydrogens is 260 g/mol. The summed E-state index contributed by atoms with van der Waals surface area (Å²) < 4.78 is 5.37. The van der Waals surface area contributed by atoms with Crippen molar-refractivity contribution in [2.75, 3.05) is 19.7 Å². The molecule has 0 bridgehead atoms. The SMILES string of the molecule is C=CCON1CC[C@@H](C(=O)OC(C)(C)C)N(CC)C1=O. The number of carbonyl (C=O) groups is 2. The minimum absolute atomic E-state index is 0.264. The van der Waals surface area contributed by atoms with Gasteiger partial charge in [-0.25, -0.2) is 14.7 Å². The Kier molecular flexibility index (Phi) is 5.56. The van der Waals surface area contributed by atoms with E-state index < -0.39 is 11.6 Å². The predicted octanol–water partition coefficient (Wildman–Crippen LogP) is 1.96. The second kappa shape index (κ2) is 6.74. The number of nitrogens with zero attached hydrogens (tertiary/aromatic N) is 2. The summed E-state index contributed by atoms with van der Waals surface area (Å²) in [6.07, 6.45) is 2.06. The lowest BCUT2D eigenvalue weighted by atomic mass is 10.1. The Labute approximate surface area is 120 Å². The molecule has 1 atom stereocenters. The summed E-state index contributed by atoms with van der Waals surface area (Å²) in [5.41, 5.74) is -0.560. The standard InChI is InChI=1S/C14H24N2O4/c1-6-10-19-16-9-8-11(15(7-2)13(16)18)12(17)20-14(3,4)5/h6,11H,1,7-10H2,2-5H3/t11-/m0/s1. The van der Waals surface area contributed by atoms with Gasteiger partial charge in [-0.2, -0.15) is 0 Å². The number of ether oxygens (including phenoxy) is 1. The highest BCUT2D eigenvalue weighted by molar-refractivity contribution is 5.84. The molecule has 0 radical (unpaired) electrons. The second-order valence-electron chi connectivity index (χ2n) is 5.59. The molecule has 1 aliphatic rings. The van der Waals surface area contributed by atoms with Crippen LogP contribution in [0.3, 0.4) is 0 Å². The van der Waals surface area contributed by atoms with Gasteiger partial charge in [-0.3, -0.25) is 4.84 Å². The van der Waals surface area contributed by atoms with Gasteiger partial charge in [-0.05, 0) is 34.1 Å². The van der Waals surface area contributed by atoms with Crippen LogP contribution < -0.4 is 0 Å². The molecule has 1 fully saturated rings. The molecule has 6 heteroatoms. The van der Waals surface area contributed by atoms with Crippen LogP contribution >= 0.6 is 0 Å². The lowest BCUT2D eigenvalue weighted by Gasteiger charge is -2.39. The van der Waals surface area contributed by atoms with Gasteiger partial charge >= 0.3 is 12.0 Å². The third-order valence-corrected chi connectivity index (χ3v) is 2.81. The maximum Gasteiger partial charge on any atom is 0.344 e. The quantitative estimate of drug-likeness (QED) is 0.572. The van der Waals surface area contributed by atoms with Gasteiger partial charge in [0.1, 0.15) is 11.6 Å². The highest BCUT2D eigenvalue weighted by Gasteiger charge is 2.39. The number of amides is 2. The fraction of sp³-hybridized carbons (Fsp3) is 0.714. The predicted molar refractivity (Wildman–Crippen MR) is 74.9 cm³/mol. The summed E-state index contributed by atoms with van der Waals surface area (Å²) >= 11 is 0. The average molecular weight is 284 g/mol.